The highest BCUT2D eigenvalue weighted by Gasteiger charge is 2.66. The van der Waals surface area contributed by atoms with E-state index in [0.29, 0.717) is 5.92 Å². The second kappa shape index (κ2) is 2.25. The SMILES string of the molecule is O=C1Nc2ccccc2[C@]23CC(CO2)C13. The van der Waals surface area contributed by atoms with E-state index in [1.54, 1.807) is 0 Å². The zero-order chi connectivity index (χ0) is 10.0. The van der Waals surface area contributed by atoms with Gasteiger partial charge >= 0.3 is 0 Å². The number of fused-ring (bicyclic) bond motifs is 2. The summed E-state index contributed by atoms with van der Waals surface area (Å²) in [5, 5.41) is 2.97. The van der Waals surface area contributed by atoms with Crippen LogP contribution >= 0.6 is 0 Å². The molecule has 3 heterocycles. The average Bonchev–Trinajstić information content (AvgIpc) is 2.76. The Morgan fingerprint density at radius 3 is 3.13 bits per heavy atom. The van der Waals surface area contributed by atoms with Gasteiger partial charge in [-0.1, -0.05) is 18.2 Å². The third-order valence-electron chi connectivity index (χ3n) is 4.02. The van der Waals surface area contributed by atoms with Gasteiger partial charge in [0.1, 0.15) is 5.60 Å². The smallest absolute Gasteiger partial charge is 0.231 e. The van der Waals surface area contributed by atoms with Crippen molar-refractivity contribution in [3.63, 3.8) is 0 Å². The first kappa shape index (κ1) is 7.88. The summed E-state index contributed by atoms with van der Waals surface area (Å²) < 4.78 is 5.85. The van der Waals surface area contributed by atoms with Gasteiger partial charge in [0.25, 0.3) is 0 Å². The predicted octanol–water partition coefficient (Wildman–Crippen LogP) is 1.50. The van der Waals surface area contributed by atoms with Gasteiger partial charge in [0.2, 0.25) is 5.91 Å². The molecule has 0 aromatic heterocycles. The fraction of sp³-hybridized carbons (Fsp3) is 0.417. The maximum absolute atomic E-state index is 11.9. The van der Waals surface area contributed by atoms with Crippen LogP contribution in [0.3, 0.4) is 0 Å². The first-order chi connectivity index (χ1) is 7.31. The Kier molecular flexibility index (Phi) is 1.18. The van der Waals surface area contributed by atoms with Gasteiger partial charge in [0.05, 0.1) is 12.5 Å². The Morgan fingerprint density at radius 2 is 2.27 bits per heavy atom. The van der Waals surface area contributed by atoms with Crippen LogP contribution in [0.2, 0.25) is 0 Å². The Balaban J connectivity index is 1.97. The van der Waals surface area contributed by atoms with Crippen molar-refractivity contribution in [1.29, 1.82) is 0 Å². The van der Waals surface area contributed by atoms with Crippen LogP contribution in [0, 0.1) is 11.8 Å². The van der Waals surface area contributed by atoms with E-state index >= 15 is 0 Å². The zero-order valence-corrected chi connectivity index (χ0v) is 8.19. The number of hydrogen-bond acceptors (Lipinski definition) is 2. The van der Waals surface area contributed by atoms with Crippen LogP contribution in [0.5, 0.6) is 0 Å². The first-order valence-electron chi connectivity index (χ1n) is 5.36. The molecule has 76 valence electrons. The van der Waals surface area contributed by atoms with Crippen molar-refractivity contribution in [1.82, 2.24) is 0 Å². The molecule has 3 aliphatic heterocycles. The molecule has 2 bridgehead atoms. The van der Waals surface area contributed by atoms with Crippen molar-refractivity contribution in [2.45, 2.75) is 12.0 Å². The van der Waals surface area contributed by atoms with Crippen LogP contribution in [0.4, 0.5) is 5.69 Å². The molecule has 3 fully saturated rings. The monoisotopic (exact) mass is 201 g/mol. The van der Waals surface area contributed by atoms with Gasteiger partial charge in [0.15, 0.2) is 0 Å². The van der Waals surface area contributed by atoms with Crippen molar-refractivity contribution in [2.24, 2.45) is 11.8 Å². The summed E-state index contributed by atoms with van der Waals surface area (Å²) in [4.78, 5) is 11.9. The maximum Gasteiger partial charge on any atom is 0.231 e. The molecule has 3 atom stereocenters. The van der Waals surface area contributed by atoms with Gasteiger partial charge in [0, 0.05) is 17.2 Å². The second-order valence-corrected chi connectivity index (χ2v) is 4.68. The number of amides is 1. The van der Waals surface area contributed by atoms with Crippen molar-refractivity contribution < 1.29 is 9.53 Å². The van der Waals surface area contributed by atoms with Gasteiger partial charge in [-0.15, -0.1) is 0 Å². The highest BCUT2D eigenvalue weighted by molar-refractivity contribution is 5.98. The maximum atomic E-state index is 11.9. The summed E-state index contributed by atoms with van der Waals surface area (Å²) in [5.74, 6) is 0.646. The van der Waals surface area contributed by atoms with E-state index < -0.39 is 0 Å². The average molecular weight is 201 g/mol. The second-order valence-electron chi connectivity index (χ2n) is 4.68. The van der Waals surface area contributed by atoms with Gasteiger partial charge in [-0.05, 0) is 12.5 Å². The van der Waals surface area contributed by atoms with E-state index in [1.807, 2.05) is 18.2 Å². The number of rotatable bonds is 0. The van der Waals surface area contributed by atoms with E-state index in [2.05, 4.69) is 11.4 Å². The van der Waals surface area contributed by atoms with Crippen LogP contribution < -0.4 is 5.32 Å². The van der Waals surface area contributed by atoms with E-state index in [1.165, 1.54) is 5.56 Å². The molecule has 1 N–H and O–H groups in total. The molecular formula is C12H11NO2. The lowest BCUT2D eigenvalue weighted by atomic mass is 9.59. The molecule has 5 rings (SSSR count). The van der Waals surface area contributed by atoms with Crippen molar-refractivity contribution >= 4 is 11.6 Å². The summed E-state index contributed by atoms with van der Waals surface area (Å²) in [6.45, 7) is 0.742. The van der Waals surface area contributed by atoms with Crippen molar-refractivity contribution in [2.75, 3.05) is 11.9 Å². The Bertz CT molecular complexity index is 466. The number of anilines is 1. The van der Waals surface area contributed by atoms with Crippen LogP contribution in [0.1, 0.15) is 12.0 Å². The molecule has 3 nitrogen and oxygen atoms in total. The number of ether oxygens (including phenoxy) is 1. The molecule has 0 radical (unpaired) electrons. The minimum atomic E-state index is -0.274. The molecule has 1 amide bonds. The minimum Gasteiger partial charge on any atom is -0.369 e. The van der Waals surface area contributed by atoms with E-state index in [4.69, 9.17) is 4.74 Å². The lowest BCUT2D eigenvalue weighted by molar-refractivity contribution is -0.138. The van der Waals surface area contributed by atoms with E-state index in [0.717, 1.165) is 18.7 Å². The lowest BCUT2D eigenvalue weighted by Gasteiger charge is -2.47. The number of para-hydroxylation sites is 1. The van der Waals surface area contributed by atoms with Gasteiger partial charge in [-0.2, -0.15) is 0 Å². The van der Waals surface area contributed by atoms with E-state index in [-0.39, 0.29) is 17.4 Å². The fourth-order valence-electron chi connectivity index (χ4n) is 3.37. The number of nitrogens with one attached hydrogen (secondary N) is 1. The highest BCUT2D eigenvalue weighted by atomic mass is 16.5. The number of hydrogen-bond donors (Lipinski definition) is 1. The molecule has 1 aromatic rings. The third kappa shape index (κ3) is 0.720. The lowest BCUT2D eigenvalue weighted by Crippen LogP contribution is -2.54. The summed E-state index contributed by atoms with van der Waals surface area (Å²) >= 11 is 0. The molecule has 1 spiro atoms. The Hall–Kier alpha value is -1.35. The van der Waals surface area contributed by atoms with Crippen molar-refractivity contribution in [3.05, 3.63) is 29.8 Å². The quantitative estimate of drug-likeness (QED) is 0.690. The normalized spacial score (nSPS) is 40.1. The summed E-state index contributed by atoms with van der Waals surface area (Å²) in [5.41, 5.74) is 1.83. The Morgan fingerprint density at radius 1 is 1.40 bits per heavy atom. The third-order valence-corrected chi connectivity index (χ3v) is 4.02. The minimum absolute atomic E-state index is 0.0624. The number of carbonyl (C=O) groups excluding carboxylic acids is 1. The molecule has 2 unspecified atom stereocenters. The molecular weight excluding hydrogens is 190 g/mol. The van der Waals surface area contributed by atoms with Gasteiger partial charge < -0.3 is 10.1 Å². The molecule has 1 aliphatic carbocycles. The van der Waals surface area contributed by atoms with Crippen LogP contribution in [-0.4, -0.2) is 12.5 Å². The van der Waals surface area contributed by atoms with Crippen LogP contribution in [-0.2, 0) is 15.1 Å². The number of benzene rings is 1. The summed E-state index contributed by atoms with van der Waals surface area (Å²) in [6, 6.07) is 7.98. The topological polar surface area (TPSA) is 38.3 Å². The van der Waals surface area contributed by atoms with Gasteiger partial charge in [-0.3, -0.25) is 4.79 Å². The zero-order valence-electron chi connectivity index (χ0n) is 8.19. The molecule has 2 saturated heterocycles. The number of carbonyl (C=O) groups is 1. The van der Waals surface area contributed by atoms with Crippen LogP contribution in [0.15, 0.2) is 24.3 Å². The molecule has 15 heavy (non-hydrogen) atoms. The molecule has 1 aromatic carbocycles. The fourth-order valence-corrected chi connectivity index (χ4v) is 3.37. The summed E-state index contributed by atoms with van der Waals surface area (Å²) in [6.07, 6.45) is 1.02. The van der Waals surface area contributed by atoms with Gasteiger partial charge in [-0.25, -0.2) is 0 Å². The standard InChI is InChI=1S/C12H11NO2/c14-11-10-7-5-12(10,15-6-7)8-3-1-2-4-9(8)13-11/h1-4,7,10H,5-6H2,(H,13,14)/t7?,10?,12-/m0/s1. The Labute approximate surface area is 87.4 Å². The molecule has 1 saturated carbocycles. The predicted molar refractivity (Wildman–Crippen MR) is 54.3 cm³/mol. The molecule has 4 aliphatic rings. The summed E-state index contributed by atoms with van der Waals surface area (Å²) in [7, 11) is 0. The highest BCUT2D eigenvalue weighted by Crippen LogP contribution is 2.62. The van der Waals surface area contributed by atoms with Crippen molar-refractivity contribution in [3.8, 4) is 0 Å². The van der Waals surface area contributed by atoms with Crippen LogP contribution in [0.25, 0.3) is 0 Å². The largest absolute Gasteiger partial charge is 0.369 e. The molecule has 3 heteroatoms. The first-order valence-corrected chi connectivity index (χ1v) is 5.36. The van der Waals surface area contributed by atoms with E-state index in [9.17, 15) is 4.79 Å².